The van der Waals surface area contributed by atoms with Gasteiger partial charge in [0.2, 0.25) is 0 Å². The molecule has 88 valence electrons. The van der Waals surface area contributed by atoms with Crippen LogP contribution in [-0.4, -0.2) is 25.6 Å². The summed E-state index contributed by atoms with van der Waals surface area (Å²) < 4.78 is 37.9. The van der Waals surface area contributed by atoms with Crippen LogP contribution in [0.5, 0.6) is 0 Å². The molecular formula is C10H16F3NO. The molecule has 0 bridgehead atoms. The molecule has 2 atom stereocenters. The van der Waals surface area contributed by atoms with Gasteiger partial charge in [-0.25, -0.2) is 0 Å². The Bertz CT molecular complexity index is 227. The zero-order valence-corrected chi connectivity index (χ0v) is 8.73. The molecule has 1 N–H and O–H groups in total. The van der Waals surface area contributed by atoms with Crippen molar-refractivity contribution in [2.45, 2.75) is 31.9 Å². The maximum absolute atomic E-state index is 12.6. The van der Waals surface area contributed by atoms with Crippen LogP contribution >= 0.6 is 0 Å². The molecule has 0 radical (unpaired) electrons. The lowest BCUT2D eigenvalue weighted by atomic mass is 9.76. The van der Waals surface area contributed by atoms with E-state index in [0.29, 0.717) is 12.8 Å². The van der Waals surface area contributed by atoms with Crippen molar-refractivity contribution in [3.8, 4) is 0 Å². The van der Waals surface area contributed by atoms with Crippen LogP contribution in [-0.2, 0) is 4.79 Å². The zero-order valence-electron chi connectivity index (χ0n) is 8.73. The molecule has 0 spiro atoms. The average molecular weight is 223 g/mol. The number of carbonyl (C=O) groups excluding carboxylic acids is 1. The Kier molecular flexibility index (Phi) is 4.13. The van der Waals surface area contributed by atoms with Crippen LogP contribution in [0.2, 0.25) is 0 Å². The molecule has 1 saturated carbocycles. The van der Waals surface area contributed by atoms with Gasteiger partial charge in [0.15, 0.2) is 0 Å². The fraction of sp³-hybridized carbons (Fsp3) is 0.900. The Balaban J connectivity index is 2.70. The Labute approximate surface area is 87.2 Å². The van der Waals surface area contributed by atoms with Crippen LogP contribution in [0.25, 0.3) is 0 Å². The van der Waals surface area contributed by atoms with Crippen molar-refractivity contribution in [2.75, 3.05) is 13.6 Å². The van der Waals surface area contributed by atoms with Gasteiger partial charge in [-0.3, -0.25) is 4.79 Å². The van der Waals surface area contributed by atoms with Crippen molar-refractivity contribution in [1.29, 1.82) is 0 Å². The molecule has 1 aliphatic rings. The van der Waals surface area contributed by atoms with Gasteiger partial charge in [-0.2, -0.15) is 13.2 Å². The molecular weight excluding hydrogens is 207 g/mol. The Morgan fingerprint density at radius 1 is 1.33 bits per heavy atom. The summed E-state index contributed by atoms with van der Waals surface area (Å²) in [5.74, 6) is -2.56. The predicted molar refractivity (Wildman–Crippen MR) is 50.4 cm³/mol. The summed E-state index contributed by atoms with van der Waals surface area (Å²) in [6.45, 7) is 0.0389. The van der Waals surface area contributed by atoms with Crippen molar-refractivity contribution in [2.24, 2.45) is 11.8 Å². The molecule has 0 aromatic carbocycles. The number of halogens is 3. The molecule has 0 aliphatic heterocycles. The lowest BCUT2D eigenvalue weighted by Gasteiger charge is -2.31. The first kappa shape index (κ1) is 12.5. The van der Waals surface area contributed by atoms with Gasteiger partial charge in [-0.1, -0.05) is 12.8 Å². The highest BCUT2D eigenvalue weighted by atomic mass is 19.4. The number of carbonyl (C=O) groups is 1. The smallest absolute Gasteiger partial charge is 0.313 e. The van der Waals surface area contributed by atoms with Gasteiger partial charge in [0.05, 0.1) is 12.5 Å². The highest BCUT2D eigenvalue weighted by Gasteiger charge is 2.47. The molecule has 5 heteroatoms. The number of nitrogens with one attached hydrogen (secondary N) is 1. The van der Waals surface area contributed by atoms with E-state index in [1.54, 1.807) is 7.05 Å². The summed E-state index contributed by atoms with van der Waals surface area (Å²) >= 11 is 0. The number of rotatable bonds is 3. The van der Waals surface area contributed by atoms with E-state index >= 15 is 0 Å². The standard InChI is InChI=1S/C10H16F3NO/c1-14-6-9(15)7-4-2-3-5-8(7)10(11,12)13/h7-8,14H,2-6H2,1H3. The molecule has 0 heterocycles. The van der Waals surface area contributed by atoms with Gasteiger partial charge in [0.25, 0.3) is 0 Å². The van der Waals surface area contributed by atoms with Crippen LogP contribution in [0.15, 0.2) is 0 Å². The fourth-order valence-electron chi connectivity index (χ4n) is 2.21. The minimum absolute atomic E-state index is 0.0389. The fourth-order valence-corrected chi connectivity index (χ4v) is 2.21. The number of hydrogen-bond acceptors (Lipinski definition) is 2. The summed E-state index contributed by atoms with van der Waals surface area (Å²) in [7, 11) is 1.57. The molecule has 1 fully saturated rings. The normalized spacial score (nSPS) is 27.7. The third-order valence-electron chi connectivity index (χ3n) is 2.95. The van der Waals surface area contributed by atoms with Crippen LogP contribution in [0.1, 0.15) is 25.7 Å². The maximum atomic E-state index is 12.6. The molecule has 0 saturated heterocycles. The first-order valence-electron chi connectivity index (χ1n) is 5.21. The van der Waals surface area contributed by atoms with E-state index in [9.17, 15) is 18.0 Å². The van der Waals surface area contributed by atoms with Gasteiger partial charge in [0, 0.05) is 5.92 Å². The van der Waals surface area contributed by atoms with E-state index in [0.717, 1.165) is 6.42 Å². The van der Waals surface area contributed by atoms with Gasteiger partial charge in [0.1, 0.15) is 5.78 Å². The van der Waals surface area contributed by atoms with E-state index < -0.39 is 18.0 Å². The molecule has 1 rings (SSSR count). The second kappa shape index (κ2) is 4.96. The zero-order chi connectivity index (χ0) is 11.5. The Morgan fingerprint density at radius 2 is 1.93 bits per heavy atom. The molecule has 0 amide bonds. The van der Waals surface area contributed by atoms with E-state index in [4.69, 9.17) is 0 Å². The monoisotopic (exact) mass is 223 g/mol. The second-order valence-electron chi connectivity index (χ2n) is 4.04. The van der Waals surface area contributed by atoms with Gasteiger partial charge < -0.3 is 5.32 Å². The molecule has 15 heavy (non-hydrogen) atoms. The van der Waals surface area contributed by atoms with Gasteiger partial charge >= 0.3 is 6.18 Å². The first-order valence-corrected chi connectivity index (χ1v) is 5.21. The van der Waals surface area contributed by atoms with Crippen molar-refractivity contribution in [3.05, 3.63) is 0 Å². The largest absolute Gasteiger partial charge is 0.392 e. The number of likely N-dealkylation sites (N-methyl/N-ethyl adjacent to an activating group) is 1. The highest BCUT2D eigenvalue weighted by molar-refractivity contribution is 5.83. The topological polar surface area (TPSA) is 29.1 Å². The number of Topliss-reactive ketones (excluding diaryl/α,β-unsaturated/α-hetero) is 1. The highest BCUT2D eigenvalue weighted by Crippen LogP contribution is 2.41. The van der Waals surface area contributed by atoms with Gasteiger partial charge in [-0.05, 0) is 19.9 Å². The van der Waals surface area contributed by atoms with E-state index in [-0.39, 0.29) is 18.7 Å². The number of ketones is 1. The lowest BCUT2D eigenvalue weighted by Crippen LogP contribution is -2.40. The molecule has 0 aromatic heterocycles. The minimum Gasteiger partial charge on any atom is -0.313 e. The summed E-state index contributed by atoms with van der Waals surface area (Å²) in [4.78, 5) is 11.5. The van der Waals surface area contributed by atoms with Crippen LogP contribution in [0, 0.1) is 11.8 Å². The molecule has 2 nitrogen and oxygen atoms in total. The summed E-state index contributed by atoms with van der Waals surface area (Å²) in [6, 6.07) is 0. The quantitative estimate of drug-likeness (QED) is 0.794. The lowest BCUT2D eigenvalue weighted by molar-refractivity contribution is -0.197. The van der Waals surface area contributed by atoms with E-state index in [1.165, 1.54) is 0 Å². The summed E-state index contributed by atoms with van der Waals surface area (Å²) in [5.41, 5.74) is 0. The third kappa shape index (κ3) is 3.19. The van der Waals surface area contributed by atoms with Gasteiger partial charge in [-0.15, -0.1) is 0 Å². The number of alkyl halides is 3. The van der Waals surface area contributed by atoms with Crippen molar-refractivity contribution in [1.82, 2.24) is 5.32 Å². The summed E-state index contributed by atoms with van der Waals surface area (Å²) in [5, 5.41) is 2.62. The Hall–Kier alpha value is -0.580. The third-order valence-corrected chi connectivity index (χ3v) is 2.95. The van der Waals surface area contributed by atoms with Crippen molar-refractivity contribution in [3.63, 3.8) is 0 Å². The number of hydrogen-bond donors (Lipinski definition) is 1. The van der Waals surface area contributed by atoms with Crippen molar-refractivity contribution < 1.29 is 18.0 Å². The Morgan fingerprint density at radius 3 is 2.47 bits per heavy atom. The van der Waals surface area contributed by atoms with E-state index in [2.05, 4.69) is 5.32 Å². The molecule has 0 aromatic rings. The SMILES string of the molecule is CNCC(=O)C1CCCCC1C(F)(F)F. The van der Waals surface area contributed by atoms with Crippen LogP contribution < -0.4 is 5.32 Å². The maximum Gasteiger partial charge on any atom is 0.392 e. The minimum atomic E-state index is -4.23. The summed E-state index contributed by atoms with van der Waals surface area (Å²) in [6.07, 6.45) is -2.44. The molecule has 1 aliphatic carbocycles. The van der Waals surface area contributed by atoms with Crippen LogP contribution in [0.4, 0.5) is 13.2 Å². The average Bonchev–Trinajstić information content (AvgIpc) is 2.17. The second-order valence-corrected chi connectivity index (χ2v) is 4.04. The molecule has 2 unspecified atom stereocenters. The predicted octanol–water partition coefficient (Wildman–Crippen LogP) is 2.14. The van der Waals surface area contributed by atoms with E-state index in [1.807, 2.05) is 0 Å². The van der Waals surface area contributed by atoms with Crippen LogP contribution in [0.3, 0.4) is 0 Å². The van der Waals surface area contributed by atoms with Crippen molar-refractivity contribution >= 4 is 5.78 Å². The first-order chi connectivity index (χ1) is 6.96.